The maximum Gasteiger partial charge on any atom is 0.123 e. The van der Waals surface area contributed by atoms with Crippen molar-refractivity contribution in [2.75, 3.05) is 31.9 Å². The van der Waals surface area contributed by atoms with Gasteiger partial charge in [0.25, 0.3) is 0 Å². The van der Waals surface area contributed by atoms with E-state index in [1.807, 2.05) is 12.1 Å². The summed E-state index contributed by atoms with van der Waals surface area (Å²) in [6, 6.07) is 6.79. The van der Waals surface area contributed by atoms with Gasteiger partial charge in [-0.25, -0.2) is 4.98 Å². The molecule has 0 aromatic carbocycles. The Kier molecular flexibility index (Phi) is 2.99. The first-order chi connectivity index (χ1) is 8.31. The van der Waals surface area contributed by atoms with E-state index in [1.54, 1.807) is 0 Å². The van der Waals surface area contributed by atoms with E-state index in [-0.39, 0.29) is 0 Å². The van der Waals surface area contributed by atoms with E-state index in [4.69, 9.17) is 5.73 Å². The Bertz CT molecular complexity index is 381. The maximum absolute atomic E-state index is 5.70. The molecule has 3 rings (SSSR count). The molecule has 2 fully saturated rings. The summed E-state index contributed by atoms with van der Waals surface area (Å²) in [5.41, 5.74) is 6.78. The number of pyridine rings is 1. The fourth-order valence-electron chi connectivity index (χ4n) is 2.54. The Labute approximate surface area is 102 Å². The van der Waals surface area contributed by atoms with Crippen LogP contribution in [0.4, 0.5) is 5.82 Å². The molecule has 0 bridgehead atoms. The van der Waals surface area contributed by atoms with Crippen molar-refractivity contribution in [3.05, 3.63) is 23.9 Å². The number of nitrogen functional groups attached to an aromatic ring is 1. The minimum Gasteiger partial charge on any atom is -0.384 e. The Morgan fingerprint density at radius 3 is 2.59 bits per heavy atom. The summed E-state index contributed by atoms with van der Waals surface area (Å²) in [5, 5.41) is 0. The van der Waals surface area contributed by atoms with E-state index >= 15 is 0 Å². The summed E-state index contributed by atoms with van der Waals surface area (Å²) < 4.78 is 0. The predicted octanol–water partition coefficient (Wildman–Crippen LogP) is 0.944. The second-order valence-electron chi connectivity index (χ2n) is 5.10. The number of nitrogens with two attached hydrogens (primary N) is 1. The molecule has 17 heavy (non-hydrogen) atoms. The van der Waals surface area contributed by atoms with Crippen LogP contribution in [0.15, 0.2) is 18.2 Å². The van der Waals surface area contributed by atoms with Crippen LogP contribution in [0.2, 0.25) is 0 Å². The van der Waals surface area contributed by atoms with Crippen molar-refractivity contribution in [3.63, 3.8) is 0 Å². The van der Waals surface area contributed by atoms with E-state index in [0.717, 1.165) is 31.4 Å². The van der Waals surface area contributed by atoms with Crippen molar-refractivity contribution in [1.29, 1.82) is 0 Å². The molecule has 0 unspecified atom stereocenters. The second-order valence-corrected chi connectivity index (χ2v) is 5.10. The summed E-state index contributed by atoms with van der Waals surface area (Å²) >= 11 is 0. The van der Waals surface area contributed by atoms with Crippen LogP contribution < -0.4 is 5.73 Å². The molecule has 4 heteroatoms. The van der Waals surface area contributed by atoms with Gasteiger partial charge in [0.1, 0.15) is 5.82 Å². The van der Waals surface area contributed by atoms with Crippen LogP contribution in [0, 0.1) is 0 Å². The van der Waals surface area contributed by atoms with E-state index in [2.05, 4.69) is 20.9 Å². The molecule has 1 aliphatic carbocycles. The molecule has 2 aliphatic rings. The summed E-state index contributed by atoms with van der Waals surface area (Å²) in [6.07, 6.45) is 2.83. The molecule has 2 N–H and O–H groups in total. The molecule has 0 radical (unpaired) electrons. The fourth-order valence-corrected chi connectivity index (χ4v) is 2.54. The molecule has 1 saturated carbocycles. The van der Waals surface area contributed by atoms with Gasteiger partial charge in [0.15, 0.2) is 0 Å². The van der Waals surface area contributed by atoms with Crippen LogP contribution in [0.25, 0.3) is 0 Å². The SMILES string of the molecule is Nc1cccc(CN2CCN(C3CC3)CC2)n1. The number of aromatic nitrogens is 1. The van der Waals surface area contributed by atoms with Crippen molar-refractivity contribution in [3.8, 4) is 0 Å². The van der Waals surface area contributed by atoms with Gasteiger partial charge >= 0.3 is 0 Å². The Morgan fingerprint density at radius 1 is 1.18 bits per heavy atom. The Morgan fingerprint density at radius 2 is 1.94 bits per heavy atom. The van der Waals surface area contributed by atoms with Gasteiger partial charge in [0.05, 0.1) is 5.69 Å². The maximum atomic E-state index is 5.70. The van der Waals surface area contributed by atoms with E-state index in [0.29, 0.717) is 5.82 Å². The average Bonchev–Trinajstić information content (AvgIpc) is 3.14. The topological polar surface area (TPSA) is 45.4 Å². The second kappa shape index (κ2) is 4.63. The third kappa shape index (κ3) is 2.76. The normalized spacial score (nSPS) is 22.8. The average molecular weight is 232 g/mol. The molecule has 92 valence electrons. The molecular formula is C13H20N4. The quantitative estimate of drug-likeness (QED) is 0.842. The first kappa shape index (κ1) is 11.0. The fraction of sp³-hybridized carbons (Fsp3) is 0.615. The van der Waals surface area contributed by atoms with Gasteiger partial charge in [-0.05, 0) is 25.0 Å². The summed E-state index contributed by atoms with van der Waals surface area (Å²) in [6.45, 7) is 5.68. The van der Waals surface area contributed by atoms with Crippen LogP contribution in [0.5, 0.6) is 0 Å². The molecule has 0 spiro atoms. The first-order valence-corrected chi connectivity index (χ1v) is 6.49. The highest BCUT2D eigenvalue weighted by Crippen LogP contribution is 2.27. The number of piperazine rings is 1. The summed E-state index contributed by atoms with van der Waals surface area (Å²) in [4.78, 5) is 9.46. The van der Waals surface area contributed by atoms with Crippen molar-refractivity contribution in [2.24, 2.45) is 0 Å². The molecule has 1 aliphatic heterocycles. The smallest absolute Gasteiger partial charge is 0.123 e. The minimum absolute atomic E-state index is 0.624. The first-order valence-electron chi connectivity index (χ1n) is 6.49. The number of nitrogens with zero attached hydrogens (tertiary/aromatic N) is 3. The molecule has 1 aromatic rings. The minimum atomic E-state index is 0.624. The molecular weight excluding hydrogens is 212 g/mol. The highest BCUT2D eigenvalue weighted by molar-refractivity contribution is 5.28. The third-order valence-electron chi connectivity index (χ3n) is 3.68. The van der Waals surface area contributed by atoms with Crippen LogP contribution in [-0.4, -0.2) is 47.0 Å². The monoisotopic (exact) mass is 232 g/mol. The molecule has 1 aromatic heterocycles. The van der Waals surface area contributed by atoms with Gasteiger partial charge in [-0.2, -0.15) is 0 Å². The van der Waals surface area contributed by atoms with Crippen molar-refractivity contribution in [2.45, 2.75) is 25.4 Å². The van der Waals surface area contributed by atoms with Crippen LogP contribution >= 0.6 is 0 Å². The van der Waals surface area contributed by atoms with Gasteiger partial charge in [-0.15, -0.1) is 0 Å². The van der Waals surface area contributed by atoms with E-state index in [9.17, 15) is 0 Å². The molecule has 2 heterocycles. The lowest BCUT2D eigenvalue weighted by Gasteiger charge is -2.34. The summed E-state index contributed by atoms with van der Waals surface area (Å²) in [5.74, 6) is 0.624. The zero-order valence-electron chi connectivity index (χ0n) is 10.2. The lowest BCUT2D eigenvalue weighted by atomic mass is 10.2. The van der Waals surface area contributed by atoms with Gasteiger partial charge in [0, 0.05) is 38.8 Å². The van der Waals surface area contributed by atoms with Gasteiger partial charge in [-0.3, -0.25) is 9.80 Å². The van der Waals surface area contributed by atoms with Crippen molar-refractivity contribution < 1.29 is 0 Å². The lowest BCUT2D eigenvalue weighted by molar-refractivity contribution is 0.120. The Hall–Kier alpha value is -1.13. The van der Waals surface area contributed by atoms with Crippen molar-refractivity contribution >= 4 is 5.82 Å². The Balaban J connectivity index is 1.53. The van der Waals surface area contributed by atoms with Crippen LogP contribution in [0.1, 0.15) is 18.5 Å². The van der Waals surface area contributed by atoms with Crippen molar-refractivity contribution in [1.82, 2.24) is 14.8 Å². The van der Waals surface area contributed by atoms with Gasteiger partial charge in [-0.1, -0.05) is 6.07 Å². The predicted molar refractivity (Wildman–Crippen MR) is 68.5 cm³/mol. The lowest BCUT2D eigenvalue weighted by Crippen LogP contribution is -2.46. The standard InChI is InChI=1S/C13H20N4/c14-13-3-1-2-11(15-13)10-16-6-8-17(9-7-16)12-4-5-12/h1-3,12H,4-10H2,(H2,14,15). The largest absolute Gasteiger partial charge is 0.384 e. The van der Waals surface area contributed by atoms with E-state index in [1.165, 1.54) is 25.9 Å². The van der Waals surface area contributed by atoms with Crippen LogP contribution in [0.3, 0.4) is 0 Å². The highest BCUT2D eigenvalue weighted by atomic mass is 15.3. The highest BCUT2D eigenvalue weighted by Gasteiger charge is 2.31. The zero-order valence-corrected chi connectivity index (χ0v) is 10.2. The summed E-state index contributed by atoms with van der Waals surface area (Å²) in [7, 11) is 0. The van der Waals surface area contributed by atoms with Gasteiger partial charge < -0.3 is 5.73 Å². The third-order valence-corrected chi connectivity index (χ3v) is 3.68. The molecule has 0 atom stereocenters. The van der Waals surface area contributed by atoms with Crippen LogP contribution in [-0.2, 0) is 6.54 Å². The van der Waals surface area contributed by atoms with Gasteiger partial charge in [0.2, 0.25) is 0 Å². The number of hydrogen-bond acceptors (Lipinski definition) is 4. The van der Waals surface area contributed by atoms with E-state index < -0.39 is 0 Å². The molecule has 1 saturated heterocycles. The molecule has 0 amide bonds. The molecule has 4 nitrogen and oxygen atoms in total. The number of hydrogen-bond donors (Lipinski definition) is 1. The zero-order chi connectivity index (χ0) is 11.7. The number of anilines is 1. The number of rotatable bonds is 3.